The monoisotopic (exact) mass is 411 g/mol. The molecule has 0 radical (unpaired) electrons. The highest BCUT2D eigenvalue weighted by Crippen LogP contribution is 2.29. The van der Waals surface area contributed by atoms with E-state index in [2.05, 4.69) is 19.6 Å². The van der Waals surface area contributed by atoms with E-state index in [1.54, 1.807) is 24.3 Å². The van der Waals surface area contributed by atoms with Gasteiger partial charge in [0.15, 0.2) is 5.78 Å². The molecule has 1 aromatic carbocycles. The number of carbonyl (C=O) groups excluding carboxylic acids is 1. The maximum atomic E-state index is 12.5. The first-order valence-electron chi connectivity index (χ1n) is 7.71. The number of rotatable bonds is 6. The van der Waals surface area contributed by atoms with E-state index in [0.29, 0.717) is 10.6 Å². The van der Waals surface area contributed by atoms with Crippen LogP contribution in [0.4, 0.5) is 13.2 Å². The highest BCUT2D eigenvalue weighted by Gasteiger charge is 2.38. The molecule has 146 valence electrons. The van der Waals surface area contributed by atoms with Gasteiger partial charge in [0.25, 0.3) is 0 Å². The minimum absolute atomic E-state index is 0.0187. The number of ketones is 1. The van der Waals surface area contributed by atoms with Gasteiger partial charge in [-0.2, -0.15) is 18.2 Å². The number of hydrogen-bond acceptors (Lipinski definition) is 7. The van der Waals surface area contributed by atoms with Gasteiger partial charge in [0.2, 0.25) is 5.82 Å². The van der Waals surface area contributed by atoms with Crippen LogP contribution in [0, 0.1) is 0 Å². The van der Waals surface area contributed by atoms with Crippen molar-refractivity contribution in [1.29, 1.82) is 0 Å². The molecule has 0 aliphatic carbocycles. The molecule has 1 atom stereocenters. The molecule has 0 saturated carbocycles. The molecule has 11 heteroatoms. The summed E-state index contributed by atoms with van der Waals surface area (Å²) in [6.45, 7) is 0. The molecule has 1 unspecified atom stereocenters. The van der Waals surface area contributed by atoms with Crippen molar-refractivity contribution >= 4 is 16.6 Å². The van der Waals surface area contributed by atoms with Crippen LogP contribution in [0.2, 0.25) is 0 Å². The molecular formula is C17H12F3N3O4S. The van der Waals surface area contributed by atoms with Crippen LogP contribution < -0.4 is 4.74 Å². The topological polar surface area (TPSA) is 95.2 Å². The Balaban J connectivity index is 1.69. The summed E-state index contributed by atoms with van der Waals surface area (Å²) >= 11 is 0. The summed E-state index contributed by atoms with van der Waals surface area (Å²) in [6, 6.07) is 9.07. The van der Waals surface area contributed by atoms with Crippen LogP contribution in [-0.4, -0.2) is 38.0 Å². The normalized spacial score (nSPS) is 12.6. The average molecular weight is 411 g/mol. The molecule has 2 aromatic heterocycles. The number of ether oxygens (including phenoxy) is 1. The van der Waals surface area contributed by atoms with Gasteiger partial charge >= 0.3 is 12.1 Å². The fraction of sp³-hybridized carbons (Fsp3) is 0.176. The lowest BCUT2D eigenvalue weighted by molar-refractivity contribution is -0.159. The molecule has 0 N–H and O–H groups in total. The number of methoxy groups -OCH3 is 1. The molecule has 7 nitrogen and oxygen atoms in total. The highest BCUT2D eigenvalue weighted by atomic mass is 32.2. The lowest BCUT2D eigenvalue weighted by atomic mass is 10.2. The van der Waals surface area contributed by atoms with Crippen LogP contribution in [0.25, 0.3) is 11.4 Å². The summed E-state index contributed by atoms with van der Waals surface area (Å²) in [4.78, 5) is 19.8. The summed E-state index contributed by atoms with van der Waals surface area (Å²) in [6.07, 6.45) is -3.60. The molecule has 28 heavy (non-hydrogen) atoms. The van der Waals surface area contributed by atoms with Gasteiger partial charge < -0.3 is 9.26 Å². The van der Waals surface area contributed by atoms with Crippen LogP contribution in [0.3, 0.4) is 0 Å². The third-order valence-electron chi connectivity index (χ3n) is 3.56. The van der Waals surface area contributed by atoms with E-state index < -0.39 is 28.6 Å². The Morgan fingerprint density at radius 2 is 1.89 bits per heavy atom. The van der Waals surface area contributed by atoms with Gasteiger partial charge in [-0.3, -0.25) is 14.0 Å². The molecule has 2 heterocycles. The van der Waals surface area contributed by atoms with Gasteiger partial charge in [0, 0.05) is 16.7 Å². The maximum absolute atomic E-state index is 12.5. The van der Waals surface area contributed by atoms with Crippen LogP contribution in [0.15, 0.2) is 52.0 Å². The Hall–Kier alpha value is -3.08. The Bertz CT molecular complexity index is 1000. The van der Waals surface area contributed by atoms with Crippen molar-refractivity contribution in [2.45, 2.75) is 11.1 Å². The lowest BCUT2D eigenvalue weighted by Crippen LogP contribution is -2.12. The van der Waals surface area contributed by atoms with Gasteiger partial charge in [0.05, 0.1) is 23.7 Å². The first-order valence-corrected chi connectivity index (χ1v) is 9.03. The van der Waals surface area contributed by atoms with E-state index in [9.17, 15) is 22.2 Å². The minimum Gasteiger partial charge on any atom is -0.497 e. The van der Waals surface area contributed by atoms with Crippen molar-refractivity contribution in [3.05, 3.63) is 54.2 Å². The molecule has 0 amide bonds. The number of aromatic nitrogens is 3. The number of carbonyl (C=O) groups is 1. The van der Waals surface area contributed by atoms with Gasteiger partial charge in [0.1, 0.15) is 11.4 Å². The van der Waals surface area contributed by atoms with Crippen molar-refractivity contribution in [1.82, 2.24) is 15.1 Å². The predicted octanol–water partition coefficient (Wildman–Crippen LogP) is 3.15. The van der Waals surface area contributed by atoms with Crippen molar-refractivity contribution in [3.8, 4) is 17.1 Å². The van der Waals surface area contributed by atoms with E-state index >= 15 is 0 Å². The van der Waals surface area contributed by atoms with Gasteiger partial charge in [-0.15, -0.1) is 0 Å². The zero-order chi connectivity index (χ0) is 20.3. The second-order valence-electron chi connectivity index (χ2n) is 5.44. The third-order valence-corrected chi connectivity index (χ3v) is 4.88. The first-order chi connectivity index (χ1) is 13.3. The summed E-state index contributed by atoms with van der Waals surface area (Å²) in [5, 5.41) is 3.24. The summed E-state index contributed by atoms with van der Waals surface area (Å²) in [5.41, 5.74) is 0.164. The number of benzene rings is 1. The molecular weight excluding hydrogens is 399 g/mol. The minimum atomic E-state index is -4.75. The van der Waals surface area contributed by atoms with Gasteiger partial charge in [-0.05, 0) is 36.4 Å². The molecule has 0 aliphatic rings. The molecule has 3 aromatic rings. The highest BCUT2D eigenvalue weighted by molar-refractivity contribution is 7.85. The molecule has 3 rings (SSSR count). The summed E-state index contributed by atoms with van der Waals surface area (Å²) < 4.78 is 59.0. The van der Waals surface area contributed by atoms with Crippen LogP contribution in [0.5, 0.6) is 5.75 Å². The van der Waals surface area contributed by atoms with E-state index in [-0.39, 0.29) is 22.8 Å². The lowest BCUT2D eigenvalue weighted by Gasteiger charge is -2.04. The third kappa shape index (κ3) is 4.42. The number of halogens is 3. The fourth-order valence-electron chi connectivity index (χ4n) is 2.15. The number of Topliss-reactive ketones (excluding diaryl/α,β-unsaturated/α-hetero) is 1. The molecule has 0 bridgehead atoms. The fourth-order valence-corrected chi connectivity index (χ4v) is 3.14. The first kappa shape index (κ1) is 19.7. The summed E-state index contributed by atoms with van der Waals surface area (Å²) in [5.74, 6) is -1.96. The number of hydrogen-bond donors (Lipinski definition) is 0. The Kier molecular flexibility index (Phi) is 5.54. The number of pyridine rings is 1. The largest absolute Gasteiger partial charge is 0.497 e. The summed E-state index contributed by atoms with van der Waals surface area (Å²) in [7, 11) is -0.0787. The van der Waals surface area contributed by atoms with E-state index in [1.807, 2.05) is 0 Å². The van der Waals surface area contributed by atoms with E-state index in [1.165, 1.54) is 19.2 Å². The number of alkyl halides is 3. The molecule has 0 spiro atoms. The maximum Gasteiger partial charge on any atom is 0.471 e. The SMILES string of the molecule is COc1ccc(S(=O)CC(=O)c2ccc(-c3noc(C(F)(F)F)n3)cn2)cc1. The zero-order valence-electron chi connectivity index (χ0n) is 14.3. The van der Waals surface area contributed by atoms with Crippen molar-refractivity contribution < 1.29 is 31.4 Å². The van der Waals surface area contributed by atoms with Crippen LogP contribution >= 0.6 is 0 Å². The van der Waals surface area contributed by atoms with Crippen LogP contribution in [-0.2, 0) is 17.0 Å². The predicted molar refractivity (Wildman–Crippen MR) is 91.1 cm³/mol. The molecule has 0 fully saturated rings. The zero-order valence-corrected chi connectivity index (χ0v) is 15.1. The molecule has 0 aliphatic heterocycles. The Morgan fingerprint density at radius 1 is 1.18 bits per heavy atom. The Labute approximate surface area is 159 Å². The van der Waals surface area contributed by atoms with Crippen molar-refractivity contribution in [2.24, 2.45) is 0 Å². The standard InChI is InChI=1S/C17H12F3N3O4S/c1-26-11-3-5-12(6-4-11)28(25)9-14(24)13-7-2-10(8-21-13)15-22-16(27-23-15)17(18,19)20/h2-8H,9H2,1H3. The van der Waals surface area contributed by atoms with Gasteiger partial charge in [-0.1, -0.05) is 5.16 Å². The smallest absolute Gasteiger partial charge is 0.471 e. The molecule has 0 saturated heterocycles. The average Bonchev–Trinajstić information content (AvgIpc) is 3.19. The second kappa shape index (κ2) is 7.89. The number of nitrogens with zero attached hydrogens (tertiary/aromatic N) is 3. The van der Waals surface area contributed by atoms with Gasteiger partial charge in [-0.25, -0.2) is 0 Å². The van der Waals surface area contributed by atoms with Crippen LogP contribution in [0.1, 0.15) is 16.4 Å². The second-order valence-corrected chi connectivity index (χ2v) is 6.89. The van der Waals surface area contributed by atoms with Crippen molar-refractivity contribution in [3.63, 3.8) is 0 Å². The van der Waals surface area contributed by atoms with E-state index in [4.69, 9.17) is 4.74 Å². The quantitative estimate of drug-likeness (QED) is 0.575. The van der Waals surface area contributed by atoms with E-state index in [0.717, 1.165) is 6.20 Å². The Morgan fingerprint density at radius 3 is 2.43 bits per heavy atom. The van der Waals surface area contributed by atoms with Crippen molar-refractivity contribution in [2.75, 3.05) is 12.9 Å².